The highest BCUT2D eigenvalue weighted by Crippen LogP contribution is 2.26. The molecule has 0 atom stereocenters. The van der Waals surface area contributed by atoms with Crippen molar-refractivity contribution in [1.29, 1.82) is 0 Å². The SMILES string of the molecule is COCC(=O)Nc1ccc(-c2cn3c(C(=O)N4CCCCC4)csc3n2)cc1. The first kappa shape index (κ1) is 18.6. The van der Waals surface area contributed by atoms with Crippen molar-refractivity contribution in [3.63, 3.8) is 0 Å². The summed E-state index contributed by atoms with van der Waals surface area (Å²) in [5, 5.41) is 4.65. The number of nitrogens with one attached hydrogen (secondary N) is 1. The lowest BCUT2D eigenvalue weighted by atomic mass is 10.1. The quantitative estimate of drug-likeness (QED) is 0.716. The molecule has 1 N–H and O–H groups in total. The summed E-state index contributed by atoms with van der Waals surface area (Å²) in [6.45, 7) is 1.68. The van der Waals surface area contributed by atoms with E-state index in [1.54, 1.807) is 0 Å². The Labute approximate surface area is 166 Å². The fraction of sp³-hybridized carbons (Fsp3) is 0.350. The molecule has 3 aromatic rings. The van der Waals surface area contributed by atoms with E-state index in [0.29, 0.717) is 11.4 Å². The number of amides is 2. The number of likely N-dealkylation sites (tertiary alicyclic amines) is 1. The molecule has 0 unspecified atom stereocenters. The molecular formula is C20H22N4O3S. The van der Waals surface area contributed by atoms with Gasteiger partial charge in [-0.15, -0.1) is 11.3 Å². The van der Waals surface area contributed by atoms with E-state index in [1.807, 2.05) is 45.1 Å². The Kier molecular flexibility index (Phi) is 5.40. The second-order valence-corrected chi connectivity index (χ2v) is 7.65. The normalized spacial score (nSPS) is 14.4. The summed E-state index contributed by atoms with van der Waals surface area (Å²) in [5.74, 6) is -0.121. The lowest BCUT2D eigenvalue weighted by molar-refractivity contribution is -0.119. The molecule has 0 radical (unpaired) electrons. The van der Waals surface area contributed by atoms with Gasteiger partial charge in [0.25, 0.3) is 5.91 Å². The third-order valence-corrected chi connectivity index (χ3v) is 5.65. The summed E-state index contributed by atoms with van der Waals surface area (Å²) in [6, 6.07) is 7.47. The van der Waals surface area contributed by atoms with Crippen molar-refractivity contribution in [2.24, 2.45) is 0 Å². The van der Waals surface area contributed by atoms with E-state index in [9.17, 15) is 9.59 Å². The van der Waals surface area contributed by atoms with Crippen LogP contribution in [0.4, 0.5) is 5.69 Å². The third kappa shape index (κ3) is 3.79. The summed E-state index contributed by atoms with van der Waals surface area (Å²) < 4.78 is 6.69. The number of carbonyl (C=O) groups is 2. The van der Waals surface area contributed by atoms with Crippen LogP contribution >= 0.6 is 11.3 Å². The molecular weight excluding hydrogens is 376 g/mol. The van der Waals surface area contributed by atoms with E-state index in [2.05, 4.69) is 10.3 Å². The van der Waals surface area contributed by atoms with Crippen LogP contribution in [-0.2, 0) is 9.53 Å². The van der Waals surface area contributed by atoms with Crippen LogP contribution in [-0.4, -0.2) is 52.9 Å². The molecule has 0 aliphatic carbocycles. The molecule has 3 heterocycles. The van der Waals surface area contributed by atoms with Gasteiger partial charge in [-0.2, -0.15) is 0 Å². The van der Waals surface area contributed by atoms with Gasteiger partial charge in [-0.05, 0) is 31.4 Å². The number of fused-ring (bicyclic) bond motifs is 1. The van der Waals surface area contributed by atoms with Gasteiger partial charge in [-0.3, -0.25) is 14.0 Å². The number of imidazole rings is 1. The van der Waals surface area contributed by atoms with Gasteiger partial charge >= 0.3 is 0 Å². The minimum atomic E-state index is -0.196. The Bertz CT molecular complexity index is 987. The molecule has 7 nitrogen and oxygen atoms in total. The van der Waals surface area contributed by atoms with Crippen molar-refractivity contribution in [3.05, 3.63) is 41.5 Å². The van der Waals surface area contributed by atoms with Gasteiger partial charge in [-0.1, -0.05) is 12.1 Å². The predicted molar refractivity (Wildman–Crippen MR) is 109 cm³/mol. The second kappa shape index (κ2) is 8.12. The number of anilines is 1. The molecule has 2 aromatic heterocycles. The predicted octanol–water partition coefficient (Wildman–Crippen LogP) is 3.27. The molecule has 8 heteroatoms. The zero-order chi connectivity index (χ0) is 19.5. The van der Waals surface area contributed by atoms with Crippen molar-refractivity contribution < 1.29 is 14.3 Å². The number of thiazole rings is 1. The average molecular weight is 398 g/mol. The largest absolute Gasteiger partial charge is 0.375 e. The molecule has 0 saturated carbocycles. The molecule has 1 aliphatic heterocycles. The van der Waals surface area contributed by atoms with Crippen LogP contribution in [0.25, 0.3) is 16.2 Å². The molecule has 1 saturated heterocycles. The Hall–Kier alpha value is -2.71. The number of hydrogen-bond acceptors (Lipinski definition) is 5. The van der Waals surface area contributed by atoms with Gasteiger partial charge in [0.15, 0.2) is 4.96 Å². The molecule has 1 aliphatic rings. The second-order valence-electron chi connectivity index (χ2n) is 6.81. The Morgan fingerprint density at radius 2 is 1.93 bits per heavy atom. The zero-order valence-electron chi connectivity index (χ0n) is 15.7. The van der Waals surface area contributed by atoms with Crippen LogP contribution in [0, 0.1) is 0 Å². The molecule has 4 rings (SSSR count). The monoisotopic (exact) mass is 398 g/mol. The average Bonchev–Trinajstić information content (AvgIpc) is 3.30. The Balaban J connectivity index is 1.54. The van der Waals surface area contributed by atoms with Gasteiger partial charge < -0.3 is 15.0 Å². The van der Waals surface area contributed by atoms with Crippen LogP contribution in [0.1, 0.15) is 29.8 Å². The number of hydrogen-bond donors (Lipinski definition) is 1. The van der Waals surface area contributed by atoms with Crippen molar-refractivity contribution in [2.45, 2.75) is 19.3 Å². The molecule has 1 fully saturated rings. The smallest absolute Gasteiger partial charge is 0.271 e. The molecule has 146 valence electrons. The van der Waals surface area contributed by atoms with Crippen molar-refractivity contribution in [3.8, 4) is 11.3 Å². The first-order valence-electron chi connectivity index (χ1n) is 9.31. The van der Waals surface area contributed by atoms with E-state index >= 15 is 0 Å². The summed E-state index contributed by atoms with van der Waals surface area (Å²) in [5.41, 5.74) is 3.10. The summed E-state index contributed by atoms with van der Waals surface area (Å²) in [4.78, 5) is 31.8. The number of piperidine rings is 1. The topological polar surface area (TPSA) is 75.9 Å². The maximum atomic E-state index is 12.9. The van der Waals surface area contributed by atoms with Gasteiger partial charge in [0.2, 0.25) is 5.91 Å². The molecule has 2 amide bonds. The number of rotatable bonds is 5. The number of carbonyl (C=O) groups excluding carboxylic acids is 2. The first-order valence-corrected chi connectivity index (χ1v) is 10.2. The maximum Gasteiger partial charge on any atom is 0.271 e. The van der Waals surface area contributed by atoms with Crippen molar-refractivity contribution in [2.75, 3.05) is 32.1 Å². The van der Waals surface area contributed by atoms with Crippen molar-refractivity contribution in [1.82, 2.24) is 14.3 Å². The van der Waals surface area contributed by atoms with E-state index in [-0.39, 0.29) is 18.4 Å². The minimum Gasteiger partial charge on any atom is -0.375 e. The van der Waals surface area contributed by atoms with Crippen LogP contribution in [0.5, 0.6) is 0 Å². The number of ether oxygens (including phenoxy) is 1. The summed E-state index contributed by atoms with van der Waals surface area (Å²) >= 11 is 1.47. The molecule has 28 heavy (non-hydrogen) atoms. The first-order chi connectivity index (χ1) is 13.7. The van der Waals surface area contributed by atoms with Gasteiger partial charge in [0, 0.05) is 43.0 Å². The highest BCUT2D eigenvalue weighted by molar-refractivity contribution is 7.15. The van der Waals surface area contributed by atoms with Gasteiger partial charge in [0.1, 0.15) is 12.3 Å². The van der Waals surface area contributed by atoms with Gasteiger partial charge in [-0.25, -0.2) is 4.98 Å². The highest BCUT2D eigenvalue weighted by atomic mass is 32.1. The standard InChI is InChI=1S/C20H22N4O3S/c1-27-12-18(25)21-15-7-5-14(6-8-15)16-11-24-17(13-28-20(24)22-16)19(26)23-9-3-2-4-10-23/h5-8,11,13H,2-4,9-10,12H2,1H3,(H,21,25). The van der Waals surface area contributed by atoms with E-state index in [1.165, 1.54) is 24.9 Å². The summed E-state index contributed by atoms with van der Waals surface area (Å²) in [7, 11) is 1.48. The van der Waals surface area contributed by atoms with Crippen LogP contribution in [0.3, 0.4) is 0 Å². The number of methoxy groups -OCH3 is 1. The van der Waals surface area contributed by atoms with E-state index in [4.69, 9.17) is 4.74 Å². The van der Waals surface area contributed by atoms with Gasteiger partial charge in [0.05, 0.1) is 5.69 Å². The fourth-order valence-corrected chi connectivity index (χ4v) is 4.24. The third-order valence-electron chi connectivity index (χ3n) is 4.81. The Morgan fingerprint density at radius 3 is 2.64 bits per heavy atom. The number of aromatic nitrogens is 2. The fourth-order valence-electron chi connectivity index (χ4n) is 3.39. The lowest BCUT2D eigenvalue weighted by Gasteiger charge is -2.26. The number of nitrogens with zero attached hydrogens (tertiary/aromatic N) is 3. The highest BCUT2D eigenvalue weighted by Gasteiger charge is 2.22. The Morgan fingerprint density at radius 1 is 1.18 bits per heavy atom. The zero-order valence-corrected chi connectivity index (χ0v) is 16.5. The van der Waals surface area contributed by atoms with E-state index in [0.717, 1.165) is 42.1 Å². The molecule has 0 spiro atoms. The maximum absolute atomic E-state index is 12.9. The van der Waals surface area contributed by atoms with Crippen molar-refractivity contribution >= 4 is 33.8 Å². The molecule has 0 bridgehead atoms. The number of benzene rings is 1. The van der Waals surface area contributed by atoms with Crippen LogP contribution < -0.4 is 5.32 Å². The lowest BCUT2D eigenvalue weighted by Crippen LogP contribution is -2.36. The van der Waals surface area contributed by atoms with Crippen LogP contribution in [0.15, 0.2) is 35.8 Å². The summed E-state index contributed by atoms with van der Waals surface area (Å²) in [6.07, 6.45) is 5.24. The molecule has 1 aromatic carbocycles. The van der Waals surface area contributed by atoms with Crippen LogP contribution in [0.2, 0.25) is 0 Å². The van der Waals surface area contributed by atoms with E-state index < -0.39 is 0 Å². The minimum absolute atomic E-state index is 0.0207.